The van der Waals surface area contributed by atoms with Gasteiger partial charge in [0.1, 0.15) is 0 Å². The molecule has 2 aromatic carbocycles. The lowest BCUT2D eigenvalue weighted by Crippen LogP contribution is -2.30. The van der Waals surface area contributed by atoms with E-state index < -0.39 is 28.5 Å². The van der Waals surface area contributed by atoms with Crippen molar-refractivity contribution in [2.24, 2.45) is 0 Å². The molecule has 9 heteroatoms. The van der Waals surface area contributed by atoms with Crippen LogP contribution in [0.4, 0.5) is 0 Å². The first-order valence-corrected chi connectivity index (χ1v) is 12.6. The molecule has 0 unspecified atom stereocenters. The Labute approximate surface area is 187 Å². The van der Waals surface area contributed by atoms with Crippen molar-refractivity contribution >= 4 is 33.7 Å². The molecule has 0 aliphatic heterocycles. The molecule has 0 radical (unpaired) electrons. The smallest absolute Gasteiger partial charge is 0.338 e. The summed E-state index contributed by atoms with van der Waals surface area (Å²) in [5.74, 6) is -0.259. The number of aryl methyl sites for hydroxylation is 1. The van der Waals surface area contributed by atoms with E-state index in [0.29, 0.717) is 12.1 Å². The molecule has 1 aliphatic rings. The van der Waals surface area contributed by atoms with E-state index in [0.717, 1.165) is 25.0 Å². The lowest BCUT2D eigenvalue weighted by molar-refractivity contribution is -0.124. The molecule has 0 aromatic heterocycles. The second-order valence-electron chi connectivity index (χ2n) is 7.31. The van der Waals surface area contributed by atoms with Crippen molar-refractivity contribution in [3.63, 3.8) is 0 Å². The third-order valence-corrected chi connectivity index (χ3v) is 7.24. The standard InChI is InChI=1S/C22H26N2O5S2/c1-16-8-11-19(31(27,28)24-17-9-10-17)14-20(16)22(26)29-15-21(25)23-12-5-13-30-18-6-3-2-4-7-18/h2-4,6-8,11,14,17,24H,5,9-10,12-13,15H2,1H3,(H,23,25). The minimum Gasteiger partial charge on any atom is -0.452 e. The van der Waals surface area contributed by atoms with Crippen molar-refractivity contribution in [2.45, 2.75) is 42.0 Å². The number of nitrogens with one attached hydrogen (secondary N) is 2. The first-order chi connectivity index (χ1) is 14.8. The van der Waals surface area contributed by atoms with Gasteiger partial charge in [0, 0.05) is 17.5 Å². The summed E-state index contributed by atoms with van der Waals surface area (Å²) in [6, 6.07) is 14.3. The van der Waals surface area contributed by atoms with Gasteiger partial charge in [-0.3, -0.25) is 4.79 Å². The van der Waals surface area contributed by atoms with Crippen LogP contribution < -0.4 is 10.0 Å². The highest BCUT2D eigenvalue weighted by Crippen LogP contribution is 2.23. The molecule has 31 heavy (non-hydrogen) atoms. The number of amides is 1. The van der Waals surface area contributed by atoms with Crippen molar-refractivity contribution in [2.75, 3.05) is 18.9 Å². The molecule has 0 atom stereocenters. The van der Waals surface area contributed by atoms with E-state index in [1.807, 2.05) is 30.3 Å². The van der Waals surface area contributed by atoms with Crippen LogP contribution in [0.5, 0.6) is 0 Å². The number of carbonyl (C=O) groups is 2. The highest BCUT2D eigenvalue weighted by atomic mass is 32.2. The first-order valence-electron chi connectivity index (χ1n) is 10.1. The zero-order valence-electron chi connectivity index (χ0n) is 17.3. The maximum Gasteiger partial charge on any atom is 0.338 e. The van der Waals surface area contributed by atoms with E-state index in [4.69, 9.17) is 4.74 Å². The van der Waals surface area contributed by atoms with Gasteiger partial charge in [0.15, 0.2) is 6.61 Å². The molecule has 2 aromatic rings. The SMILES string of the molecule is Cc1ccc(S(=O)(=O)NC2CC2)cc1C(=O)OCC(=O)NCCCSc1ccccc1. The fourth-order valence-corrected chi connectivity index (χ4v) is 4.95. The molecule has 0 spiro atoms. The van der Waals surface area contributed by atoms with E-state index >= 15 is 0 Å². The zero-order chi connectivity index (χ0) is 22.3. The van der Waals surface area contributed by atoms with Crippen LogP contribution in [-0.4, -0.2) is 45.2 Å². The highest BCUT2D eigenvalue weighted by Gasteiger charge is 2.28. The zero-order valence-corrected chi connectivity index (χ0v) is 18.9. The molecule has 0 saturated heterocycles. The van der Waals surface area contributed by atoms with E-state index in [-0.39, 0.29) is 16.5 Å². The van der Waals surface area contributed by atoms with Gasteiger partial charge in [-0.2, -0.15) is 0 Å². The summed E-state index contributed by atoms with van der Waals surface area (Å²) < 4.78 is 32.4. The van der Waals surface area contributed by atoms with Gasteiger partial charge in [0.2, 0.25) is 10.0 Å². The van der Waals surface area contributed by atoms with Crippen LogP contribution in [0.15, 0.2) is 58.3 Å². The van der Waals surface area contributed by atoms with Crippen molar-refractivity contribution < 1.29 is 22.7 Å². The van der Waals surface area contributed by atoms with Crippen molar-refractivity contribution in [1.29, 1.82) is 0 Å². The van der Waals surface area contributed by atoms with E-state index in [1.54, 1.807) is 24.8 Å². The van der Waals surface area contributed by atoms with Crippen LogP contribution in [0, 0.1) is 6.92 Å². The summed E-state index contributed by atoms with van der Waals surface area (Å²) in [4.78, 5) is 25.5. The molecule has 1 amide bonds. The van der Waals surface area contributed by atoms with Gasteiger partial charge < -0.3 is 10.1 Å². The third kappa shape index (κ3) is 7.37. The Hall–Kier alpha value is -2.36. The monoisotopic (exact) mass is 462 g/mol. The quantitative estimate of drug-likeness (QED) is 0.303. The average molecular weight is 463 g/mol. The highest BCUT2D eigenvalue weighted by molar-refractivity contribution is 7.99. The van der Waals surface area contributed by atoms with Gasteiger partial charge in [-0.25, -0.2) is 17.9 Å². The molecular weight excluding hydrogens is 436 g/mol. The molecule has 1 aliphatic carbocycles. The number of ether oxygens (including phenoxy) is 1. The predicted molar refractivity (Wildman–Crippen MR) is 120 cm³/mol. The predicted octanol–water partition coefficient (Wildman–Crippen LogP) is 2.89. The largest absolute Gasteiger partial charge is 0.452 e. The fraction of sp³-hybridized carbons (Fsp3) is 0.364. The van der Waals surface area contributed by atoms with Crippen molar-refractivity contribution in [3.8, 4) is 0 Å². The summed E-state index contributed by atoms with van der Waals surface area (Å²) >= 11 is 1.71. The molecule has 3 rings (SSSR count). The molecular formula is C22H26N2O5S2. The van der Waals surface area contributed by atoms with Gasteiger partial charge in [-0.1, -0.05) is 24.3 Å². The summed E-state index contributed by atoms with van der Waals surface area (Å²) in [6.07, 6.45) is 2.42. The van der Waals surface area contributed by atoms with Gasteiger partial charge in [0.05, 0.1) is 10.5 Å². The van der Waals surface area contributed by atoms with Crippen LogP contribution in [-0.2, 0) is 19.6 Å². The third-order valence-electron chi connectivity index (χ3n) is 4.63. The number of hydrogen-bond acceptors (Lipinski definition) is 6. The van der Waals surface area contributed by atoms with Crippen LogP contribution in [0.3, 0.4) is 0 Å². The van der Waals surface area contributed by atoms with Crippen LogP contribution in [0.1, 0.15) is 35.2 Å². The summed E-state index contributed by atoms with van der Waals surface area (Å²) in [5, 5.41) is 2.72. The number of sulfonamides is 1. The second kappa shape index (κ2) is 10.8. The number of rotatable bonds is 11. The Morgan fingerprint density at radius 3 is 2.58 bits per heavy atom. The minimum atomic E-state index is -3.68. The van der Waals surface area contributed by atoms with Crippen LogP contribution in [0.2, 0.25) is 0 Å². The molecule has 1 saturated carbocycles. The number of hydrogen-bond donors (Lipinski definition) is 2. The fourth-order valence-electron chi connectivity index (χ4n) is 2.74. The lowest BCUT2D eigenvalue weighted by Gasteiger charge is -2.11. The van der Waals surface area contributed by atoms with Crippen LogP contribution >= 0.6 is 11.8 Å². The number of esters is 1. The molecule has 166 valence electrons. The molecule has 0 bridgehead atoms. The molecule has 1 fully saturated rings. The van der Waals surface area contributed by atoms with Crippen LogP contribution in [0.25, 0.3) is 0 Å². The van der Waals surface area contributed by atoms with E-state index in [2.05, 4.69) is 10.0 Å². The summed E-state index contributed by atoms with van der Waals surface area (Å²) in [6.45, 7) is 1.75. The van der Waals surface area contributed by atoms with Crippen molar-refractivity contribution in [1.82, 2.24) is 10.0 Å². The van der Waals surface area contributed by atoms with Gasteiger partial charge in [0.25, 0.3) is 5.91 Å². The lowest BCUT2D eigenvalue weighted by atomic mass is 10.1. The Balaban J connectivity index is 1.43. The first kappa shape index (κ1) is 23.3. The molecule has 7 nitrogen and oxygen atoms in total. The number of thioether (sulfide) groups is 1. The van der Waals surface area contributed by atoms with Gasteiger partial charge in [-0.05, 0) is 61.8 Å². The van der Waals surface area contributed by atoms with Crippen molar-refractivity contribution in [3.05, 3.63) is 59.7 Å². The molecule has 0 heterocycles. The topological polar surface area (TPSA) is 102 Å². The summed E-state index contributed by atoms with van der Waals surface area (Å²) in [7, 11) is -3.68. The number of benzene rings is 2. The van der Waals surface area contributed by atoms with E-state index in [9.17, 15) is 18.0 Å². The Morgan fingerprint density at radius 2 is 1.87 bits per heavy atom. The van der Waals surface area contributed by atoms with Gasteiger partial charge in [-0.15, -0.1) is 11.8 Å². The summed E-state index contributed by atoms with van der Waals surface area (Å²) in [5.41, 5.74) is 0.708. The number of carbonyl (C=O) groups excluding carboxylic acids is 2. The maximum absolute atomic E-state index is 12.4. The van der Waals surface area contributed by atoms with E-state index in [1.165, 1.54) is 17.0 Å². The average Bonchev–Trinajstić information content (AvgIpc) is 3.56. The molecule has 2 N–H and O–H groups in total. The Kier molecular flexibility index (Phi) is 8.11. The Morgan fingerprint density at radius 1 is 1.13 bits per heavy atom. The van der Waals surface area contributed by atoms with Gasteiger partial charge >= 0.3 is 5.97 Å². The second-order valence-corrected chi connectivity index (χ2v) is 10.2. The maximum atomic E-state index is 12.4. The minimum absolute atomic E-state index is 0.0114. The Bertz CT molecular complexity index is 1020. The normalized spacial score (nSPS) is 13.6.